The first kappa shape index (κ1) is 24.3. The molecule has 0 fully saturated rings. The standard InChI is InChI=1S/C28H21ClN4O3S/c29-21-13-15-22(16-14-21)33-37(35,36)23-10-6-9-20(17-23)28(34)32-30-18-25-24-11-4-5-12-26(24)31-27(25)19-7-2-1-3-8-19/h1-18,31,33H,(H,32,34)/b30-18+. The molecule has 0 aliphatic heterocycles. The number of nitrogens with one attached hydrogen (secondary N) is 3. The highest BCUT2D eigenvalue weighted by atomic mass is 35.5. The van der Waals surface area contributed by atoms with Crippen LogP contribution in [0.15, 0.2) is 113 Å². The van der Waals surface area contributed by atoms with Crippen molar-refractivity contribution in [2.24, 2.45) is 5.10 Å². The van der Waals surface area contributed by atoms with Crippen LogP contribution < -0.4 is 10.1 Å². The van der Waals surface area contributed by atoms with Crippen molar-refractivity contribution in [1.29, 1.82) is 0 Å². The molecular weight excluding hydrogens is 508 g/mol. The number of anilines is 1. The van der Waals surface area contributed by atoms with Gasteiger partial charge in [0.15, 0.2) is 0 Å². The van der Waals surface area contributed by atoms with E-state index in [0.29, 0.717) is 10.7 Å². The van der Waals surface area contributed by atoms with Crippen molar-refractivity contribution < 1.29 is 13.2 Å². The summed E-state index contributed by atoms with van der Waals surface area (Å²) in [6, 6.07) is 29.7. The van der Waals surface area contributed by atoms with E-state index in [1.807, 2.05) is 54.6 Å². The number of aromatic nitrogens is 1. The van der Waals surface area contributed by atoms with E-state index in [4.69, 9.17) is 11.6 Å². The third-order valence-electron chi connectivity index (χ3n) is 5.67. The summed E-state index contributed by atoms with van der Waals surface area (Å²) in [5.74, 6) is -0.541. The van der Waals surface area contributed by atoms with Crippen molar-refractivity contribution in [2.75, 3.05) is 4.72 Å². The Morgan fingerprint density at radius 1 is 0.865 bits per heavy atom. The molecule has 1 amide bonds. The van der Waals surface area contributed by atoms with Crippen molar-refractivity contribution in [2.45, 2.75) is 4.90 Å². The normalized spacial score (nSPS) is 11.6. The summed E-state index contributed by atoms with van der Waals surface area (Å²) in [6.45, 7) is 0. The Morgan fingerprint density at radius 3 is 2.38 bits per heavy atom. The number of amides is 1. The number of sulfonamides is 1. The van der Waals surface area contributed by atoms with Gasteiger partial charge in [0.2, 0.25) is 0 Å². The fourth-order valence-corrected chi connectivity index (χ4v) is 5.12. The number of hydrogen-bond donors (Lipinski definition) is 3. The van der Waals surface area contributed by atoms with E-state index in [1.165, 1.54) is 24.3 Å². The lowest BCUT2D eigenvalue weighted by Crippen LogP contribution is -2.19. The van der Waals surface area contributed by atoms with Crippen LogP contribution in [0.1, 0.15) is 15.9 Å². The van der Waals surface area contributed by atoms with Gasteiger partial charge in [0.05, 0.1) is 16.8 Å². The van der Waals surface area contributed by atoms with E-state index in [-0.39, 0.29) is 10.5 Å². The largest absolute Gasteiger partial charge is 0.354 e. The molecule has 4 aromatic carbocycles. The lowest BCUT2D eigenvalue weighted by molar-refractivity contribution is 0.0955. The molecule has 0 bridgehead atoms. The number of fused-ring (bicyclic) bond motifs is 1. The van der Waals surface area contributed by atoms with Crippen LogP contribution in [0.4, 0.5) is 5.69 Å². The first-order valence-electron chi connectivity index (χ1n) is 11.3. The van der Waals surface area contributed by atoms with Crippen molar-refractivity contribution in [3.63, 3.8) is 0 Å². The van der Waals surface area contributed by atoms with Crippen molar-refractivity contribution in [3.8, 4) is 11.3 Å². The van der Waals surface area contributed by atoms with Crippen LogP contribution in [0.5, 0.6) is 0 Å². The SMILES string of the molecule is O=C(N/N=C/c1c(-c2ccccc2)[nH]c2ccccc12)c1cccc(S(=O)(=O)Nc2ccc(Cl)cc2)c1. The van der Waals surface area contributed by atoms with Gasteiger partial charge in [0, 0.05) is 32.7 Å². The van der Waals surface area contributed by atoms with E-state index >= 15 is 0 Å². The maximum atomic E-state index is 12.8. The van der Waals surface area contributed by atoms with E-state index in [0.717, 1.165) is 27.7 Å². The van der Waals surface area contributed by atoms with Crippen LogP contribution in [0, 0.1) is 0 Å². The second kappa shape index (κ2) is 10.3. The Labute approximate surface area is 218 Å². The van der Waals surface area contributed by atoms with Crippen LogP contribution in [0.2, 0.25) is 5.02 Å². The highest BCUT2D eigenvalue weighted by molar-refractivity contribution is 7.92. The molecule has 0 unspecified atom stereocenters. The zero-order valence-electron chi connectivity index (χ0n) is 19.4. The summed E-state index contributed by atoms with van der Waals surface area (Å²) >= 11 is 5.86. The molecule has 37 heavy (non-hydrogen) atoms. The number of carbonyl (C=O) groups excluding carboxylic acids is 1. The Bertz CT molecular complexity index is 1710. The Hall–Kier alpha value is -4.40. The van der Waals surface area contributed by atoms with Gasteiger partial charge in [-0.3, -0.25) is 9.52 Å². The molecule has 0 aliphatic carbocycles. The van der Waals surface area contributed by atoms with Gasteiger partial charge >= 0.3 is 0 Å². The van der Waals surface area contributed by atoms with E-state index in [9.17, 15) is 13.2 Å². The molecule has 1 heterocycles. The molecule has 9 heteroatoms. The minimum Gasteiger partial charge on any atom is -0.354 e. The number of rotatable bonds is 7. The molecule has 0 aliphatic rings. The van der Waals surface area contributed by atoms with Crippen molar-refractivity contribution in [3.05, 3.63) is 119 Å². The molecule has 1 aromatic heterocycles. The Kier molecular flexibility index (Phi) is 6.76. The third-order valence-corrected chi connectivity index (χ3v) is 7.30. The molecule has 5 rings (SSSR count). The molecule has 7 nitrogen and oxygen atoms in total. The maximum Gasteiger partial charge on any atom is 0.271 e. The number of hydrazone groups is 1. The first-order chi connectivity index (χ1) is 17.9. The number of benzene rings is 4. The van der Waals surface area contributed by atoms with E-state index in [2.05, 4.69) is 20.2 Å². The zero-order chi connectivity index (χ0) is 25.8. The van der Waals surface area contributed by atoms with Crippen LogP contribution in [-0.4, -0.2) is 25.5 Å². The van der Waals surface area contributed by atoms with E-state index in [1.54, 1.807) is 30.5 Å². The van der Waals surface area contributed by atoms with Crippen LogP contribution in [0.3, 0.4) is 0 Å². The van der Waals surface area contributed by atoms with Gasteiger partial charge in [-0.25, -0.2) is 13.8 Å². The highest BCUT2D eigenvalue weighted by Gasteiger charge is 2.17. The number of carbonyl (C=O) groups is 1. The monoisotopic (exact) mass is 528 g/mol. The number of nitrogens with zero attached hydrogens (tertiary/aromatic N) is 1. The van der Waals surface area contributed by atoms with Gasteiger partial charge in [-0.05, 0) is 54.1 Å². The number of H-pyrrole nitrogens is 1. The lowest BCUT2D eigenvalue weighted by atomic mass is 10.1. The Balaban J connectivity index is 1.37. The Morgan fingerprint density at radius 2 is 1.59 bits per heavy atom. The van der Waals surface area contributed by atoms with Crippen molar-refractivity contribution >= 4 is 50.3 Å². The molecular formula is C28H21ClN4O3S. The van der Waals surface area contributed by atoms with Gasteiger partial charge in [-0.15, -0.1) is 0 Å². The molecule has 0 atom stereocenters. The van der Waals surface area contributed by atoms with Gasteiger partial charge in [-0.1, -0.05) is 66.2 Å². The second-order valence-corrected chi connectivity index (χ2v) is 10.3. The first-order valence-corrected chi connectivity index (χ1v) is 13.1. The van der Waals surface area contributed by atoms with Crippen LogP contribution in [-0.2, 0) is 10.0 Å². The number of hydrogen-bond acceptors (Lipinski definition) is 4. The highest BCUT2D eigenvalue weighted by Crippen LogP contribution is 2.29. The fraction of sp³-hybridized carbons (Fsp3) is 0. The summed E-state index contributed by atoms with van der Waals surface area (Å²) in [5.41, 5.74) is 6.64. The predicted molar refractivity (Wildman–Crippen MR) is 147 cm³/mol. The minimum atomic E-state index is -3.91. The fourth-order valence-electron chi connectivity index (χ4n) is 3.89. The van der Waals surface area contributed by atoms with Gasteiger partial charge in [0.1, 0.15) is 0 Å². The van der Waals surface area contributed by atoms with Crippen molar-refractivity contribution in [1.82, 2.24) is 10.4 Å². The smallest absolute Gasteiger partial charge is 0.271 e. The quantitative estimate of drug-likeness (QED) is 0.177. The third kappa shape index (κ3) is 5.40. The predicted octanol–water partition coefficient (Wildman–Crippen LogP) is 6.05. The molecule has 0 saturated heterocycles. The average molecular weight is 529 g/mol. The number of halogens is 1. The second-order valence-electron chi connectivity index (χ2n) is 8.16. The molecule has 184 valence electrons. The van der Waals surface area contributed by atoms with E-state index < -0.39 is 15.9 Å². The molecule has 0 spiro atoms. The number of aromatic amines is 1. The summed E-state index contributed by atoms with van der Waals surface area (Å²) < 4.78 is 28.1. The summed E-state index contributed by atoms with van der Waals surface area (Å²) in [7, 11) is -3.91. The van der Waals surface area contributed by atoms with Crippen LogP contribution in [0.25, 0.3) is 22.2 Å². The summed E-state index contributed by atoms with van der Waals surface area (Å²) in [5, 5.41) is 5.62. The van der Waals surface area contributed by atoms with Gasteiger partial charge in [0.25, 0.3) is 15.9 Å². The zero-order valence-corrected chi connectivity index (χ0v) is 20.9. The van der Waals surface area contributed by atoms with Gasteiger partial charge < -0.3 is 4.98 Å². The average Bonchev–Trinajstić information content (AvgIpc) is 3.29. The van der Waals surface area contributed by atoms with Gasteiger partial charge in [-0.2, -0.15) is 5.10 Å². The molecule has 5 aromatic rings. The topological polar surface area (TPSA) is 103 Å². The molecule has 0 radical (unpaired) electrons. The molecule has 3 N–H and O–H groups in total. The summed E-state index contributed by atoms with van der Waals surface area (Å²) in [6.07, 6.45) is 1.59. The van der Waals surface area contributed by atoms with Crippen LogP contribution >= 0.6 is 11.6 Å². The lowest BCUT2D eigenvalue weighted by Gasteiger charge is -2.09. The number of para-hydroxylation sites is 1. The molecule has 0 saturated carbocycles. The minimum absolute atomic E-state index is 0.0536. The summed E-state index contributed by atoms with van der Waals surface area (Å²) in [4.78, 5) is 16.2. The maximum absolute atomic E-state index is 12.8.